The molecular weight excluding hydrogens is 224 g/mol. The fourth-order valence-corrected chi connectivity index (χ4v) is 1.86. The number of primary amides is 1. The van der Waals surface area contributed by atoms with E-state index in [0.29, 0.717) is 19.8 Å². The quantitative estimate of drug-likeness (QED) is 0.753. The first kappa shape index (κ1) is 13.2. The molecule has 3 N–H and O–H groups in total. The molecule has 1 rings (SSSR count). The summed E-state index contributed by atoms with van der Waals surface area (Å²) in [5.41, 5.74) is 4.57. The molecule has 0 aliphatic heterocycles. The summed E-state index contributed by atoms with van der Waals surface area (Å²) >= 11 is 1.64. The molecule has 1 amide bonds. The van der Waals surface area contributed by atoms with Crippen molar-refractivity contribution in [2.24, 2.45) is 5.73 Å². The summed E-state index contributed by atoms with van der Waals surface area (Å²) in [7, 11) is 0. The first-order valence-corrected chi connectivity index (χ1v) is 6.11. The highest BCUT2D eigenvalue weighted by atomic mass is 32.1. The zero-order valence-corrected chi connectivity index (χ0v) is 10.5. The van der Waals surface area contributed by atoms with E-state index in [2.05, 4.69) is 5.32 Å². The molecule has 0 aliphatic carbocycles. The van der Waals surface area contributed by atoms with Gasteiger partial charge in [0.05, 0.1) is 6.61 Å². The maximum Gasteiger partial charge on any atom is 0.239 e. The average molecular weight is 242 g/mol. The number of hydrogen-bond acceptors (Lipinski definition) is 4. The summed E-state index contributed by atoms with van der Waals surface area (Å²) in [6, 6.07) is 3.99. The van der Waals surface area contributed by atoms with E-state index >= 15 is 0 Å². The summed E-state index contributed by atoms with van der Waals surface area (Å²) in [5.74, 6) is -0.391. The van der Waals surface area contributed by atoms with Gasteiger partial charge in [-0.3, -0.25) is 10.1 Å². The van der Waals surface area contributed by atoms with E-state index in [1.807, 2.05) is 24.4 Å². The summed E-state index contributed by atoms with van der Waals surface area (Å²) in [5, 5.41) is 5.14. The molecule has 0 radical (unpaired) electrons. The van der Waals surface area contributed by atoms with Gasteiger partial charge in [0.25, 0.3) is 0 Å². The second kappa shape index (κ2) is 5.98. The Balaban J connectivity index is 2.53. The molecule has 0 saturated carbocycles. The van der Waals surface area contributed by atoms with Crippen LogP contribution < -0.4 is 11.1 Å². The smallest absolute Gasteiger partial charge is 0.239 e. The Kier molecular flexibility index (Phi) is 4.92. The summed E-state index contributed by atoms with van der Waals surface area (Å²) in [6.07, 6.45) is 0. The van der Waals surface area contributed by atoms with E-state index in [4.69, 9.17) is 10.5 Å². The number of thiophene rings is 1. The number of amides is 1. The molecular formula is C11H18N2O2S. The Bertz CT molecular complexity index is 327. The largest absolute Gasteiger partial charge is 0.379 e. The summed E-state index contributed by atoms with van der Waals surface area (Å²) in [6.45, 7) is 5.15. The van der Waals surface area contributed by atoms with E-state index in [-0.39, 0.29) is 0 Å². The van der Waals surface area contributed by atoms with E-state index in [9.17, 15) is 4.79 Å². The van der Waals surface area contributed by atoms with Gasteiger partial charge in [0, 0.05) is 18.0 Å². The topological polar surface area (TPSA) is 64.3 Å². The Morgan fingerprint density at radius 2 is 2.44 bits per heavy atom. The molecule has 0 fully saturated rings. The van der Waals surface area contributed by atoms with Gasteiger partial charge in [-0.15, -0.1) is 11.3 Å². The molecule has 0 aromatic carbocycles. The highest BCUT2D eigenvalue weighted by Crippen LogP contribution is 2.11. The number of carbonyl (C=O) groups is 1. The Morgan fingerprint density at radius 3 is 2.94 bits per heavy atom. The van der Waals surface area contributed by atoms with Crippen LogP contribution in [0.5, 0.6) is 0 Å². The zero-order chi connectivity index (χ0) is 12.0. The van der Waals surface area contributed by atoms with Crippen LogP contribution in [0, 0.1) is 0 Å². The summed E-state index contributed by atoms with van der Waals surface area (Å²) in [4.78, 5) is 12.5. The van der Waals surface area contributed by atoms with Crippen LogP contribution in [-0.2, 0) is 16.1 Å². The van der Waals surface area contributed by atoms with Crippen LogP contribution in [0.25, 0.3) is 0 Å². The Labute approximate surface area is 99.8 Å². The van der Waals surface area contributed by atoms with Crippen molar-refractivity contribution in [2.75, 3.05) is 13.2 Å². The van der Waals surface area contributed by atoms with E-state index in [0.717, 1.165) is 0 Å². The van der Waals surface area contributed by atoms with Crippen LogP contribution in [0.3, 0.4) is 0 Å². The third kappa shape index (κ3) is 3.59. The van der Waals surface area contributed by atoms with Gasteiger partial charge in [-0.2, -0.15) is 0 Å². The van der Waals surface area contributed by atoms with Gasteiger partial charge in [0.15, 0.2) is 0 Å². The van der Waals surface area contributed by atoms with Crippen molar-refractivity contribution in [1.82, 2.24) is 5.32 Å². The maximum absolute atomic E-state index is 11.4. The number of carbonyl (C=O) groups excluding carboxylic acids is 1. The molecule has 1 unspecified atom stereocenters. The number of ether oxygens (including phenoxy) is 1. The lowest BCUT2D eigenvalue weighted by molar-refractivity contribution is -0.126. The molecule has 90 valence electrons. The van der Waals surface area contributed by atoms with E-state index in [1.165, 1.54) is 4.88 Å². The number of nitrogens with two attached hydrogens (primary N) is 1. The van der Waals surface area contributed by atoms with Crippen LogP contribution in [0.1, 0.15) is 18.7 Å². The van der Waals surface area contributed by atoms with Crippen molar-refractivity contribution in [3.8, 4) is 0 Å². The Hall–Kier alpha value is -0.910. The van der Waals surface area contributed by atoms with Gasteiger partial charge in [-0.25, -0.2) is 0 Å². The minimum atomic E-state index is -0.806. The van der Waals surface area contributed by atoms with E-state index < -0.39 is 11.4 Å². The third-order valence-electron chi connectivity index (χ3n) is 2.37. The van der Waals surface area contributed by atoms with Crippen LogP contribution in [0.4, 0.5) is 0 Å². The van der Waals surface area contributed by atoms with Crippen molar-refractivity contribution >= 4 is 17.2 Å². The van der Waals surface area contributed by atoms with Crippen molar-refractivity contribution in [3.63, 3.8) is 0 Å². The molecule has 4 nitrogen and oxygen atoms in total. The predicted molar refractivity (Wildman–Crippen MR) is 65.3 cm³/mol. The van der Waals surface area contributed by atoms with Gasteiger partial charge in [0.1, 0.15) is 5.54 Å². The van der Waals surface area contributed by atoms with Gasteiger partial charge in [-0.05, 0) is 25.3 Å². The lowest BCUT2D eigenvalue weighted by Gasteiger charge is -2.26. The SMILES string of the molecule is CCOCC(C)(NCc1cccs1)C(N)=O. The first-order chi connectivity index (χ1) is 7.58. The van der Waals surface area contributed by atoms with Gasteiger partial charge >= 0.3 is 0 Å². The molecule has 0 saturated heterocycles. The van der Waals surface area contributed by atoms with Crippen LogP contribution in [0.2, 0.25) is 0 Å². The van der Waals surface area contributed by atoms with E-state index in [1.54, 1.807) is 18.3 Å². The molecule has 1 aromatic rings. The standard InChI is InChI=1S/C11H18N2O2S/c1-3-15-8-11(2,10(12)14)13-7-9-5-4-6-16-9/h4-6,13H,3,7-8H2,1-2H3,(H2,12,14). The molecule has 5 heteroatoms. The van der Waals surface area contributed by atoms with Crippen molar-refractivity contribution < 1.29 is 9.53 Å². The number of nitrogens with one attached hydrogen (secondary N) is 1. The minimum Gasteiger partial charge on any atom is -0.379 e. The molecule has 0 spiro atoms. The molecule has 0 aliphatic rings. The fourth-order valence-electron chi connectivity index (χ4n) is 1.21. The lowest BCUT2D eigenvalue weighted by atomic mass is 10.0. The molecule has 1 heterocycles. The zero-order valence-electron chi connectivity index (χ0n) is 9.66. The van der Waals surface area contributed by atoms with Gasteiger partial charge in [0.2, 0.25) is 5.91 Å². The van der Waals surface area contributed by atoms with Gasteiger partial charge in [-0.1, -0.05) is 6.07 Å². The summed E-state index contributed by atoms with van der Waals surface area (Å²) < 4.78 is 5.27. The minimum absolute atomic E-state index is 0.296. The highest BCUT2D eigenvalue weighted by Gasteiger charge is 2.30. The number of rotatable bonds is 7. The number of hydrogen-bond donors (Lipinski definition) is 2. The third-order valence-corrected chi connectivity index (χ3v) is 3.25. The second-order valence-electron chi connectivity index (χ2n) is 3.77. The Morgan fingerprint density at radius 1 is 1.69 bits per heavy atom. The van der Waals surface area contributed by atoms with Crippen LogP contribution >= 0.6 is 11.3 Å². The normalized spacial score (nSPS) is 14.6. The average Bonchev–Trinajstić information content (AvgIpc) is 2.76. The van der Waals surface area contributed by atoms with Crippen molar-refractivity contribution in [2.45, 2.75) is 25.9 Å². The van der Waals surface area contributed by atoms with Crippen molar-refractivity contribution in [3.05, 3.63) is 22.4 Å². The monoisotopic (exact) mass is 242 g/mol. The van der Waals surface area contributed by atoms with Crippen LogP contribution in [-0.4, -0.2) is 24.7 Å². The second-order valence-corrected chi connectivity index (χ2v) is 4.80. The molecule has 1 aromatic heterocycles. The highest BCUT2D eigenvalue weighted by molar-refractivity contribution is 7.09. The van der Waals surface area contributed by atoms with Crippen LogP contribution in [0.15, 0.2) is 17.5 Å². The molecule has 0 bridgehead atoms. The molecule has 1 atom stereocenters. The maximum atomic E-state index is 11.4. The van der Waals surface area contributed by atoms with Gasteiger partial charge < -0.3 is 10.5 Å². The first-order valence-electron chi connectivity index (χ1n) is 5.23. The lowest BCUT2D eigenvalue weighted by Crippen LogP contribution is -2.56. The predicted octanol–water partition coefficient (Wildman–Crippen LogP) is 1.12. The van der Waals surface area contributed by atoms with Crippen molar-refractivity contribution in [1.29, 1.82) is 0 Å². The fraction of sp³-hybridized carbons (Fsp3) is 0.545. The molecule has 16 heavy (non-hydrogen) atoms.